The third-order valence-corrected chi connectivity index (χ3v) is 2.62. The lowest BCUT2D eigenvalue weighted by Gasteiger charge is -2.20. The molecule has 0 bridgehead atoms. The van der Waals surface area contributed by atoms with Crippen LogP contribution in [0.1, 0.15) is 42.3 Å². The van der Waals surface area contributed by atoms with Crippen LogP contribution < -0.4 is 0 Å². The Morgan fingerprint density at radius 3 is 2.33 bits per heavy atom. The van der Waals surface area contributed by atoms with E-state index in [9.17, 15) is 4.79 Å². The molecule has 0 unspecified atom stereocenters. The zero-order valence-corrected chi connectivity index (χ0v) is 11.6. The zero-order chi connectivity index (χ0) is 13.8. The molecule has 0 saturated carbocycles. The molecule has 0 aliphatic rings. The van der Waals surface area contributed by atoms with Crippen LogP contribution in [0.4, 0.5) is 0 Å². The molecule has 0 heterocycles. The number of hydrogen-bond donors (Lipinski definition) is 0. The molecule has 0 amide bonds. The van der Waals surface area contributed by atoms with E-state index in [1.54, 1.807) is 6.07 Å². The molecule has 18 heavy (non-hydrogen) atoms. The van der Waals surface area contributed by atoms with Crippen molar-refractivity contribution in [2.75, 3.05) is 14.2 Å². The first-order valence-corrected chi connectivity index (χ1v) is 5.77. The summed E-state index contributed by atoms with van der Waals surface area (Å²) in [7, 11) is 2.83. The van der Waals surface area contributed by atoms with Crippen LogP contribution in [0, 0.1) is 0 Å². The van der Waals surface area contributed by atoms with Crippen molar-refractivity contribution < 1.29 is 19.3 Å². The van der Waals surface area contributed by atoms with E-state index in [1.807, 2.05) is 12.1 Å². The summed E-state index contributed by atoms with van der Waals surface area (Å²) in [4.78, 5) is 21.1. The number of rotatable bonds is 4. The first kappa shape index (κ1) is 14.7. The van der Waals surface area contributed by atoms with Crippen molar-refractivity contribution in [3.05, 3.63) is 34.9 Å². The van der Waals surface area contributed by atoms with E-state index < -0.39 is 0 Å². The summed E-state index contributed by atoms with van der Waals surface area (Å²) in [6, 6.07) is 5.60. The summed E-state index contributed by atoms with van der Waals surface area (Å²) in [6.45, 7) is 6.56. The second-order valence-corrected chi connectivity index (χ2v) is 5.09. The second kappa shape index (κ2) is 5.98. The fourth-order valence-electron chi connectivity index (χ4n) is 1.57. The van der Waals surface area contributed by atoms with Crippen LogP contribution in [0.25, 0.3) is 0 Å². The van der Waals surface area contributed by atoms with Gasteiger partial charge in [0, 0.05) is 0 Å². The standard InChI is InChI=1S/C14H20O4/c1-14(2,3)12-7-10(9-18-17-5)6-11(8-12)13(15)16-4/h6-8H,9H2,1-5H3. The number of esters is 1. The molecule has 0 atom stereocenters. The fourth-order valence-corrected chi connectivity index (χ4v) is 1.57. The minimum absolute atomic E-state index is 0.0497. The molecule has 100 valence electrons. The molecule has 0 radical (unpaired) electrons. The maximum absolute atomic E-state index is 11.6. The largest absolute Gasteiger partial charge is 0.465 e. The molecule has 0 aliphatic heterocycles. The van der Waals surface area contributed by atoms with Gasteiger partial charge in [-0.3, -0.25) is 0 Å². The van der Waals surface area contributed by atoms with Gasteiger partial charge in [0.1, 0.15) is 6.61 Å². The average molecular weight is 252 g/mol. The number of methoxy groups -OCH3 is 1. The maximum atomic E-state index is 11.6. The molecule has 1 aromatic carbocycles. The van der Waals surface area contributed by atoms with Crippen LogP contribution in [0.5, 0.6) is 0 Å². The Kier molecular flexibility index (Phi) is 4.87. The number of carbonyl (C=O) groups is 1. The summed E-state index contributed by atoms with van der Waals surface area (Å²) in [5.41, 5.74) is 2.41. The van der Waals surface area contributed by atoms with Crippen molar-refractivity contribution >= 4 is 5.97 Å². The summed E-state index contributed by atoms with van der Waals surface area (Å²) < 4.78 is 4.75. The zero-order valence-electron chi connectivity index (χ0n) is 11.6. The van der Waals surface area contributed by atoms with Crippen molar-refractivity contribution in [1.82, 2.24) is 0 Å². The maximum Gasteiger partial charge on any atom is 0.337 e. The van der Waals surface area contributed by atoms with E-state index >= 15 is 0 Å². The third-order valence-electron chi connectivity index (χ3n) is 2.62. The second-order valence-electron chi connectivity index (χ2n) is 5.09. The molecule has 0 fully saturated rings. The summed E-state index contributed by atoms with van der Waals surface area (Å²) in [5, 5.41) is 0. The molecule has 4 nitrogen and oxygen atoms in total. The van der Waals surface area contributed by atoms with Gasteiger partial charge in [0.05, 0.1) is 19.8 Å². The lowest BCUT2D eigenvalue weighted by Crippen LogP contribution is -2.14. The van der Waals surface area contributed by atoms with Crippen LogP contribution in [0.2, 0.25) is 0 Å². The smallest absolute Gasteiger partial charge is 0.337 e. The van der Waals surface area contributed by atoms with Gasteiger partial charge in [-0.05, 0) is 28.7 Å². The highest BCUT2D eigenvalue weighted by molar-refractivity contribution is 5.89. The predicted octanol–water partition coefficient (Wildman–Crippen LogP) is 2.85. The molecule has 1 rings (SSSR count). The number of ether oxygens (including phenoxy) is 1. The van der Waals surface area contributed by atoms with Crippen molar-refractivity contribution in [2.24, 2.45) is 0 Å². The Balaban J connectivity index is 3.16. The van der Waals surface area contributed by atoms with E-state index in [4.69, 9.17) is 9.62 Å². The first-order chi connectivity index (χ1) is 8.38. The molecular formula is C14H20O4. The van der Waals surface area contributed by atoms with E-state index in [-0.39, 0.29) is 11.4 Å². The third kappa shape index (κ3) is 3.82. The van der Waals surface area contributed by atoms with Crippen molar-refractivity contribution in [3.8, 4) is 0 Å². The Bertz CT molecular complexity index is 418. The van der Waals surface area contributed by atoms with Gasteiger partial charge in [-0.1, -0.05) is 26.8 Å². The topological polar surface area (TPSA) is 44.8 Å². The fraction of sp³-hybridized carbons (Fsp3) is 0.500. The quantitative estimate of drug-likeness (QED) is 0.469. The lowest BCUT2D eigenvalue weighted by molar-refractivity contribution is -0.282. The van der Waals surface area contributed by atoms with Crippen LogP contribution >= 0.6 is 0 Å². The highest BCUT2D eigenvalue weighted by atomic mass is 17.2. The highest BCUT2D eigenvalue weighted by Gasteiger charge is 2.17. The van der Waals surface area contributed by atoms with Gasteiger partial charge in [0.25, 0.3) is 0 Å². The monoisotopic (exact) mass is 252 g/mol. The van der Waals surface area contributed by atoms with Gasteiger partial charge in [-0.2, -0.15) is 0 Å². The van der Waals surface area contributed by atoms with Gasteiger partial charge in [0.15, 0.2) is 0 Å². The number of benzene rings is 1. The Morgan fingerprint density at radius 2 is 1.83 bits per heavy atom. The molecule has 0 saturated heterocycles. The summed E-state index contributed by atoms with van der Waals surface area (Å²) >= 11 is 0. The van der Waals surface area contributed by atoms with Crippen molar-refractivity contribution in [2.45, 2.75) is 32.8 Å². The average Bonchev–Trinajstić information content (AvgIpc) is 2.33. The molecule has 0 spiro atoms. The minimum atomic E-state index is -0.347. The van der Waals surface area contributed by atoms with Crippen LogP contribution in [-0.4, -0.2) is 20.2 Å². The normalized spacial score (nSPS) is 11.4. The molecule has 0 N–H and O–H groups in total. The minimum Gasteiger partial charge on any atom is -0.465 e. The molecule has 4 heteroatoms. The Labute approximate surface area is 108 Å². The Morgan fingerprint density at radius 1 is 1.17 bits per heavy atom. The molecule has 1 aromatic rings. The number of carbonyl (C=O) groups excluding carboxylic acids is 1. The van der Waals surface area contributed by atoms with E-state index in [0.29, 0.717) is 12.2 Å². The van der Waals surface area contributed by atoms with Crippen LogP contribution in [0.3, 0.4) is 0 Å². The van der Waals surface area contributed by atoms with Gasteiger partial charge in [-0.25, -0.2) is 14.6 Å². The predicted molar refractivity (Wildman–Crippen MR) is 68.3 cm³/mol. The van der Waals surface area contributed by atoms with Gasteiger partial charge >= 0.3 is 5.97 Å². The number of hydrogen-bond acceptors (Lipinski definition) is 4. The van der Waals surface area contributed by atoms with Gasteiger partial charge in [-0.15, -0.1) is 0 Å². The lowest BCUT2D eigenvalue weighted by atomic mass is 9.85. The van der Waals surface area contributed by atoms with E-state index in [2.05, 4.69) is 25.7 Å². The van der Waals surface area contributed by atoms with Gasteiger partial charge in [0.2, 0.25) is 0 Å². The van der Waals surface area contributed by atoms with Crippen LogP contribution in [-0.2, 0) is 26.5 Å². The van der Waals surface area contributed by atoms with Gasteiger partial charge < -0.3 is 4.74 Å². The summed E-state index contributed by atoms with van der Waals surface area (Å²) in [5.74, 6) is -0.347. The molecule has 0 aromatic heterocycles. The van der Waals surface area contributed by atoms with Crippen LogP contribution in [0.15, 0.2) is 18.2 Å². The van der Waals surface area contributed by atoms with E-state index in [0.717, 1.165) is 11.1 Å². The Hall–Kier alpha value is -1.39. The highest BCUT2D eigenvalue weighted by Crippen LogP contribution is 2.25. The first-order valence-electron chi connectivity index (χ1n) is 5.77. The SMILES string of the molecule is COOCc1cc(C(=O)OC)cc(C(C)(C)C)c1. The van der Waals surface area contributed by atoms with Crippen molar-refractivity contribution in [3.63, 3.8) is 0 Å². The van der Waals surface area contributed by atoms with E-state index in [1.165, 1.54) is 14.2 Å². The molecular weight excluding hydrogens is 232 g/mol. The molecule has 0 aliphatic carbocycles. The summed E-state index contributed by atoms with van der Waals surface area (Å²) in [6.07, 6.45) is 0. The van der Waals surface area contributed by atoms with Crippen molar-refractivity contribution in [1.29, 1.82) is 0 Å².